The zero-order valence-corrected chi connectivity index (χ0v) is 14.2. The fourth-order valence-corrected chi connectivity index (χ4v) is 2.76. The maximum Gasteiger partial charge on any atom is 0.327 e. The van der Waals surface area contributed by atoms with Gasteiger partial charge in [0.25, 0.3) is 0 Å². The summed E-state index contributed by atoms with van der Waals surface area (Å²) in [5.41, 5.74) is 1.41. The first-order chi connectivity index (χ1) is 11.7. The highest BCUT2D eigenvalue weighted by atomic mass is 16.5. The maximum absolute atomic E-state index is 12.7. The maximum atomic E-state index is 12.7. The molecule has 24 heavy (non-hydrogen) atoms. The van der Waals surface area contributed by atoms with Crippen LogP contribution in [0.5, 0.6) is 0 Å². The Kier molecular flexibility index (Phi) is 6.76. The van der Waals surface area contributed by atoms with Crippen molar-refractivity contribution in [2.75, 3.05) is 6.61 Å². The molecule has 0 spiro atoms. The summed E-state index contributed by atoms with van der Waals surface area (Å²) in [5, 5.41) is 3.44. The number of benzene rings is 2. The van der Waals surface area contributed by atoms with Crippen LogP contribution in [0.4, 0.5) is 0 Å². The SMILES string of the molecule is C=CC[C@@](Cc1ccccc1)(NCc1ccccc1)C(=O)OCC. The van der Waals surface area contributed by atoms with Gasteiger partial charge in [0.15, 0.2) is 0 Å². The van der Waals surface area contributed by atoms with E-state index in [9.17, 15) is 4.79 Å². The van der Waals surface area contributed by atoms with E-state index in [0.29, 0.717) is 26.0 Å². The van der Waals surface area contributed by atoms with Gasteiger partial charge < -0.3 is 4.74 Å². The van der Waals surface area contributed by atoms with E-state index >= 15 is 0 Å². The van der Waals surface area contributed by atoms with E-state index in [-0.39, 0.29) is 5.97 Å². The van der Waals surface area contributed by atoms with Crippen LogP contribution in [0.2, 0.25) is 0 Å². The molecule has 1 atom stereocenters. The van der Waals surface area contributed by atoms with Gasteiger partial charge in [0.1, 0.15) is 5.54 Å². The van der Waals surface area contributed by atoms with Crippen molar-refractivity contribution in [3.63, 3.8) is 0 Å². The number of hydrogen-bond donors (Lipinski definition) is 1. The molecule has 0 radical (unpaired) electrons. The Labute approximate surface area is 144 Å². The summed E-state index contributed by atoms with van der Waals surface area (Å²) in [4.78, 5) is 12.7. The van der Waals surface area contributed by atoms with Gasteiger partial charge in [-0.1, -0.05) is 66.7 Å². The standard InChI is InChI=1S/C21H25NO2/c1-3-15-21(20(23)24-4-2,16-18-11-7-5-8-12-18)22-17-19-13-9-6-10-14-19/h3,5-14,22H,1,4,15-17H2,2H3/t21-/m0/s1. The number of ether oxygens (including phenoxy) is 1. The van der Waals surface area contributed by atoms with Crippen LogP contribution in [0.15, 0.2) is 73.3 Å². The van der Waals surface area contributed by atoms with Gasteiger partial charge in [-0.15, -0.1) is 6.58 Å². The largest absolute Gasteiger partial charge is 0.465 e. The average Bonchev–Trinajstić information content (AvgIpc) is 2.62. The number of esters is 1. The minimum atomic E-state index is -0.811. The average molecular weight is 323 g/mol. The molecule has 0 unspecified atom stereocenters. The van der Waals surface area contributed by atoms with E-state index in [0.717, 1.165) is 11.1 Å². The van der Waals surface area contributed by atoms with Crippen LogP contribution in [0.1, 0.15) is 24.5 Å². The predicted octanol–water partition coefficient (Wildman–Crippen LogP) is 3.90. The van der Waals surface area contributed by atoms with Crippen molar-refractivity contribution in [3.05, 3.63) is 84.4 Å². The third-order valence-electron chi connectivity index (χ3n) is 3.98. The van der Waals surface area contributed by atoms with Gasteiger partial charge in [0.2, 0.25) is 0 Å². The van der Waals surface area contributed by atoms with Crippen LogP contribution in [0.3, 0.4) is 0 Å². The number of carbonyl (C=O) groups is 1. The summed E-state index contributed by atoms with van der Waals surface area (Å²) in [7, 11) is 0. The fraction of sp³-hybridized carbons (Fsp3) is 0.286. The predicted molar refractivity (Wildman–Crippen MR) is 97.6 cm³/mol. The first kappa shape index (κ1) is 18.0. The number of carbonyl (C=O) groups excluding carboxylic acids is 1. The first-order valence-electron chi connectivity index (χ1n) is 8.31. The summed E-state index contributed by atoms with van der Waals surface area (Å²) < 4.78 is 5.37. The monoisotopic (exact) mass is 323 g/mol. The molecule has 1 N–H and O–H groups in total. The molecular formula is C21H25NO2. The lowest BCUT2D eigenvalue weighted by Gasteiger charge is -2.32. The van der Waals surface area contributed by atoms with Gasteiger partial charge in [-0.3, -0.25) is 10.1 Å². The Bertz CT molecular complexity index is 639. The number of hydrogen-bond acceptors (Lipinski definition) is 3. The molecule has 0 aromatic heterocycles. The molecule has 0 fully saturated rings. The summed E-state index contributed by atoms with van der Waals surface area (Å²) in [5.74, 6) is -0.232. The number of rotatable bonds is 9. The molecule has 0 heterocycles. The van der Waals surface area contributed by atoms with Crippen LogP contribution in [0, 0.1) is 0 Å². The Morgan fingerprint density at radius 1 is 1.08 bits per heavy atom. The third-order valence-corrected chi connectivity index (χ3v) is 3.98. The molecule has 0 saturated heterocycles. The van der Waals surface area contributed by atoms with Crippen LogP contribution in [-0.2, 0) is 22.5 Å². The zero-order chi connectivity index (χ0) is 17.3. The van der Waals surface area contributed by atoms with Crippen LogP contribution >= 0.6 is 0 Å². The van der Waals surface area contributed by atoms with E-state index < -0.39 is 5.54 Å². The molecule has 0 amide bonds. The lowest BCUT2D eigenvalue weighted by Crippen LogP contribution is -2.54. The molecule has 0 aliphatic heterocycles. The van der Waals surface area contributed by atoms with Crippen LogP contribution in [0.25, 0.3) is 0 Å². The summed E-state index contributed by atoms with van der Waals surface area (Å²) in [6.07, 6.45) is 2.84. The van der Waals surface area contributed by atoms with Crippen molar-refractivity contribution in [2.45, 2.75) is 31.8 Å². The molecule has 3 heteroatoms. The minimum Gasteiger partial charge on any atom is -0.465 e. The Hall–Kier alpha value is -2.39. The van der Waals surface area contributed by atoms with Gasteiger partial charge >= 0.3 is 5.97 Å². The first-order valence-corrected chi connectivity index (χ1v) is 8.31. The summed E-state index contributed by atoms with van der Waals surface area (Å²) in [6, 6.07) is 20.0. The van der Waals surface area contributed by atoms with Crippen molar-refractivity contribution in [1.82, 2.24) is 5.32 Å². The van der Waals surface area contributed by atoms with Gasteiger partial charge in [-0.2, -0.15) is 0 Å². The molecule has 0 bridgehead atoms. The Morgan fingerprint density at radius 2 is 1.67 bits per heavy atom. The quantitative estimate of drug-likeness (QED) is 0.562. The molecule has 2 aromatic carbocycles. The second-order valence-electron chi connectivity index (χ2n) is 5.80. The van der Waals surface area contributed by atoms with E-state index in [4.69, 9.17) is 4.74 Å². The van der Waals surface area contributed by atoms with Crippen LogP contribution < -0.4 is 5.32 Å². The van der Waals surface area contributed by atoms with Crippen molar-refractivity contribution >= 4 is 5.97 Å². The highest BCUT2D eigenvalue weighted by molar-refractivity contribution is 5.81. The third kappa shape index (κ3) is 4.80. The second kappa shape index (κ2) is 9.04. The fourth-order valence-electron chi connectivity index (χ4n) is 2.76. The zero-order valence-electron chi connectivity index (χ0n) is 14.2. The molecule has 2 aromatic rings. The minimum absolute atomic E-state index is 0.232. The lowest BCUT2D eigenvalue weighted by molar-refractivity contribution is -0.151. The molecular weight excluding hydrogens is 298 g/mol. The van der Waals surface area contributed by atoms with Crippen molar-refractivity contribution in [1.29, 1.82) is 0 Å². The number of nitrogens with one attached hydrogen (secondary N) is 1. The molecule has 2 rings (SSSR count). The normalized spacial score (nSPS) is 13.0. The van der Waals surface area contributed by atoms with E-state index in [1.165, 1.54) is 0 Å². The van der Waals surface area contributed by atoms with Gasteiger partial charge in [0.05, 0.1) is 6.61 Å². The summed E-state index contributed by atoms with van der Waals surface area (Å²) in [6.45, 7) is 6.62. The Morgan fingerprint density at radius 3 is 2.21 bits per heavy atom. The van der Waals surface area contributed by atoms with E-state index in [1.807, 2.05) is 67.6 Å². The summed E-state index contributed by atoms with van der Waals surface area (Å²) >= 11 is 0. The van der Waals surface area contributed by atoms with E-state index in [1.54, 1.807) is 6.08 Å². The van der Waals surface area contributed by atoms with Crippen molar-refractivity contribution in [2.24, 2.45) is 0 Å². The lowest BCUT2D eigenvalue weighted by atomic mass is 9.87. The molecule has 126 valence electrons. The van der Waals surface area contributed by atoms with Crippen molar-refractivity contribution < 1.29 is 9.53 Å². The molecule has 3 nitrogen and oxygen atoms in total. The molecule has 0 aliphatic carbocycles. The highest BCUT2D eigenvalue weighted by Gasteiger charge is 2.38. The van der Waals surface area contributed by atoms with Gasteiger partial charge in [-0.25, -0.2) is 0 Å². The highest BCUT2D eigenvalue weighted by Crippen LogP contribution is 2.21. The van der Waals surface area contributed by atoms with Gasteiger partial charge in [0, 0.05) is 13.0 Å². The van der Waals surface area contributed by atoms with Crippen LogP contribution in [-0.4, -0.2) is 18.1 Å². The smallest absolute Gasteiger partial charge is 0.327 e. The van der Waals surface area contributed by atoms with Gasteiger partial charge in [-0.05, 0) is 24.5 Å². The van der Waals surface area contributed by atoms with E-state index in [2.05, 4.69) is 11.9 Å². The molecule has 0 saturated carbocycles. The Balaban J connectivity index is 2.26. The topological polar surface area (TPSA) is 38.3 Å². The van der Waals surface area contributed by atoms with Crippen molar-refractivity contribution in [3.8, 4) is 0 Å². The second-order valence-corrected chi connectivity index (χ2v) is 5.80. The molecule has 0 aliphatic rings.